The van der Waals surface area contributed by atoms with Crippen LogP contribution in [-0.2, 0) is 6.54 Å². The second-order valence-electron chi connectivity index (χ2n) is 8.68. The molecule has 0 spiro atoms. The summed E-state index contributed by atoms with van der Waals surface area (Å²) in [5, 5.41) is 2.84. The SMILES string of the molecule is C=CCN1[C@@H](CC)CC(c2ccc(F)cc2)=C(COc2ccc3c(c2)C(=O)NC3)C[C@H]1C. The number of hydrogen-bond acceptors (Lipinski definition) is 3. The third kappa shape index (κ3) is 4.63. The summed E-state index contributed by atoms with van der Waals surface area (Å²) < 4.78 is 19.8. The van der Waals surface area contributed by atoms with Crippen LogP contribution in [0.3, 0.4) is 0 Å². The lowest BCUT2D eigenvalue weighted by Crippen LogP contribution is -2.40. The molecule has 0 saturated carbocycles. The number of hydrogen-bond donors (Lipinski definition) is 1. The molecule has 1 N–H and O–H groups in total. The van der Waals surface area contributed by atoms with E-state index in [2.05, 4.69) is 30.6 Å². The lowest BCUT2D eigenvalue weighted by atomic mass is 9.92. The van der Waals surface area contributed by atoms with Gasteiger partial charge in [-0.2, -0.15) is 0 Å². The van der Waals surface area contributed by atoms with Gasteiger partial charge in [-0.25, -0.2) is 4.39 Å². The molecule has 2 aromatic carbocycles. The van der Waals surface area contributed by atoms with Crippen molar-refractivity contribution in [2.45, 2.75) is 51.7 Å². The van der Waals surface area contributed by atoms with E-state index in [0.717, 1.165) is 36.9 Å². The van der Waals surface area contributed by atoms with E-state index in [1.165, 1.54) is 23.3 Å². The van der Waals surface area contributed by atoms with E-state index in [1.54, 1.807) is 0 Å². The van der Waals surface area contributed by atoms with Crippen LogP contribution in [0.1, 0.15) is 54.6 Å². The number of amides is 1. The first-order chi connectivity index (χ1) is 15.5. The minimum Gasteiger partial charge on any atom is -0.489 e. The van der Waals surface area contributed by atoms with Gasteiger partial charge in [-0.05, 0) is 72.7 Å². The summed E-state index contributed by atoms with van der Waals surface area (Å²) >= 11 is 0. The topological polar surface area (TPSA) is 41.6 Å². The van der Waals surface area contributed by atoms with Crippen molar-refractivity contribution in [2.75, 3.05) is 13.2 Å². The van der Waals surface area contributed by atoms with Crippen LogP contribution in [0.4, 0.5) is 4.39 Å². The van der Waals surface area contributed by atoms with Crippen molar-refractivity contribution in [3.63, 3.8) is 0 Å². The molecule has 32 heavy (non-hydrogen) atoms. The lowest BCUT2D eigenvalue weighted by Gasteiger charge is -2.33. The zero-order valence-corrected chi connectivity index (χ0v) is 18.9. The number of carbonyl (C=O) groups is 1. The molecule has 2 aliphatic rings. The van der Waals surface area contributed by atoms with Gasteiger partial charge in [-0.1, -0.05) is 31.2 Å². The Balaban J connectivity index is 1.65. The third-order valence-corrected chi connectivity index (χ3v) is 6.63. The molecule has 2 aliphatic heterocycles. The van der Waals surface area contributed by atoms with Crippen LogP contribution < -0.4 is 10.1 Å². The molecule has 2 atom stereocenters. The predicted octanol–water partition coefficient (Wildman–Crippen LogP) is 5.35. The fourth-order valence-corrected chi connectivity index (χ4v) is 4.88. The summed E-state index contributed by atoms with van der Waals surface area (Å²) in [6, 6.07) is 13.2. The van der Waals surface area contributed by atoms with Crippen LogP contribution in [0.5, 0.6) is 5.75 Å². The molecule has 0 aromatic heterocycles. The van der Waals surface area contributed by atoms with Gasteiger partial charge in [0.05, 0.1) is 0 Å². The van der Waals surface area contributed by atoms with Crippen molar-refractivity contribution < 1.29 is 13.9 Å². The maximum absolute atomic E-state index is 13.6. The number of ether oxygens (including phenoxy) is 1. The van der Waals surface area contributed by atoms with Gasteiger partial charge in [-0.3, -0.25) is 9.69 Å². The minimum absolute atomic E-state index is 0.0504. The van der Waals surface area contributed by atoms with Gasteiger partial charge in [0, 0.05) is 30.7 Å². The standard InChI is InChI=1S/C27H31FN2O2/c1-4-12-30-18(3)13-21(17-32-24-11-8-20-16-29-27(31)26(20)15-24)25(14-23(30)5-2)19-6-9-22(28)10-7-19/h4,6-11,15,18,23H,1,5,12-14,16-17H2,2-3H3,(H,29,31)/t18-,23+/m1/s1. The molecule has 0 aliphatic carbocycles. The Morgan fingerprint density at radius 3 is 2.72 bits per heavy atom. The Kier molecular flexibility index (Phi) is 6.75. The largest absolute Gasteiger partial charge is 0.489 e. The Hall–Kier alpha value is -2.92. The fraction of sp³-hybridized carbons (Fsp3) is 0.370. The van der Waals surface area contributed by atoms with Gasteiger partial charge < -0.3 is 10.1 Å². The van der Waals surface area contributed by atoms with E-state index in [0.29, 0.717) is 36.5 Å². The van der Waals surface area contributed by atoms with E-state index >= 15 is 0 Å². The summed E-state index contributed by atoms with van der Waals surface area (Å²) in [4.78, 5) is 14.5. The molecule has 5 heteroatoms. The maximum Gasteiger partial charge on any atom is 0.252 e. The average Bonchev–Trinajstić information content (AvgIpc) is 3.10. The van der Waals surface area contributed by atoms with Crippen molar-refractivity contribution in [2.24, 2.45) is 0 Å². The Labute approximate surface area is 189 Å². The molecule has 0 fully saturated rings. The highest BCUT2D eigenvalue weighted by atomic mass is 19.1. The zero-order valence-electron chi connectivity index (χ0n) is 18.9. The average molecular weight is 435 g/mol. The predicted molar refractivity (Wildman–Crippen MR) is 126 cm³/mol. The van der Waals surface area contributed by atoms with Crippen molar-refractivity contribution >= 4 is 11.5 Å². The molecular weight excluding hydrogens is 403 g/mol. The molecule has 0 saturated heterocycles. The van der Waals surface area contributed by atoms with Crippen LogP contribution in [-0.4, -0.2) is 36.0 Å². The zero-order chi connectivity index (χ0) is 22.7. The molecule has 0 radical (unpaired) electrons. The van der Waals surface area contributed by atoms with Gasteiger partial charge in [-0.15, -0.1) is 6.58 Å². The Bertz CT molecular complexity index is 1030. The number of rotatable bonds is 7. The van der Waals surface area contributed by atoms with E-state index in [4.69, 9.17) is 4.74 Å². The van der Waals surface area contributed by atoms with Crippen molar-refractivity contribution in [1.82, 2.24) is 10.2 Å². The number of halogens is 1. The Morgan fingerprint density at radius 1 is 1.22 bits per heavy atom. The van der Waals surface area contributed by atoms with E-state index in [-0.39, 0.29) is 11.7 Å². The van der Waals surface area contributed by atoms with Crippen LogP contribution in [0.15, 0.2) is 60.7 Å². The molecule has 1 amide bonds. The first-order valence-electron chi connectivity index (χ1n) is 11.4. The molecule has 0 unspecified atom stereocenters. The molecule has 2 heterocycles. The van der Waals surface area contributed by atoms with E-state index in [9.17, 15) is 9.18 Å². The summed E-state index contributed by atoms with van der Waals surface area (Å²) in [5.74, 6) is 0.412. The van der Waals surface area contributed by atoms with Gasteiger partial charge in [0.2, 0.25) is 0 Å². The normalized spacial score (nSPS) is 21.2. The van der Waals surface area contributed by atoms with Crippen molar-refractivity contribution in [3.05, 3.63) is 83.2 Å². The van der Waals surface area contributed by atoms with Gasteiger partial charge in [0.1, 0.15) is 18.2 Å². The molecule has 2 aromatic rings. The maximum atomic E-state index is 13.6. The monoisotopic (exact) mass is 434 g/mol. The van der Waals surface area contributed by atoms with Gasteiger partial charge >= 0.3 is 0 Å². The number of fused-ring (bicyclic) bond motifs is 1. The molecular formula is C27H31FN2O2. The highest BCUT2D eigenvalue weighted by Crippen LogP contribution is 2.35. The molecule has 0 bridgehead atoms. The second kappa shape index (κ2) is 9.70. The number of nitrogens with zero attached hydrogens (tertiary/aromatic N) is 1. The smallest absolute Gasteiger partial charge is 0.252 e. The summed E-state index contributed by atoms with van der Waals surface area (Å²) in [5.41, 5.74) is 5.19. The minimum atomic E-state index is -0.231. The van der Waals surface area contributed by atoms with Crippen molar-refractivity contribution in [1.29, 1.82) is 0 Å². The highest BCUT2D eigenvalue weighted by Gasteiger charge is 2.29. The third-order valence-electron chi connectivity index (χ3n) is 6.63. The summed E-state index contributed by atoms with van der Waals surface area (Å²) in [6.45, 7) is 10.3. The van der Waals surface area contributed by atoms with Crippen LogP contribution in [0, 0.1) is 5.82 Å². The fourth-order valence-electron chi connectivity index (χ4n) is 4.88. The quantitative estimate of drug-likeness (QED) is 0.597. The van der Waals surface area contributed by atoms with Crippen LogP contribution in [0.25, 0.3) is 5.57 Å². The summed E-state index contributed by atoms with van der Waals surface area (Å²) in [6.07, 6.45) is 4.73. The molecule has 168 valence electrons. The molecule has 4 nitrogen and oxygen atoms in total. The lowest BCUT2D eigenvalue weighted by molar-refractivity contribution is 0.0965. The molecule has 4 rings (SSSR count). The Morgan fingerprint density at radius 2 is 2.00 bits per heavy atom. The van der Waals surface area contributed by atoms with Crippen LogP contribution in [0.2, 0.25) is 0 Å². The van der Waals surface area contributed by atoms with Crippen LogP contribution >= 0.6 is 0 Å². The van der Waals surface area contributed by atoms with E-state index < -0.39 is 0 Å². The first-order valence-corrected chi connectivity index (χ1v) is 11.4. The van der Waals surface area contributed by atoms with Gasteiger partial charge in [0.15, 0.2) is 0 Å². The van der Waals surface area contributed by atoms with Gasteiger partial charge in [0.25, 0.3) is 5.91 Å². The number of nitrogens with one attached hydrogen (secondary N) is 1. The van der Waals surface area contributed by atoms with Crippen molar-refractivity contribution in [3.8, 4) is 5.75 Å². The summed E-state index contributed by atoms with van der Waals surface area (Å²) in [7, 11) is 0. The number of carbonyl (C=O) groups excluding carboxylic acids is 1. The second-order valence-corrected chi connectivity index (χ2v) is 8.68. The number of benzene rings is 2. The van der Waals surface area contributed by atoms with E-state index in [1.807, 2.05) is 36.4 Å². The highest BCUT2D eigenvalue weighted by molar-refractivity contribution is 5.98. The first kappa shape index (κ1) is 22.3.